The second kappa shape index (κ2) is 10.2. The third-order valence-electron chi connectivity index (χ3n) is 0.418. The van der Waals surface area contributed by atoms with E-state index in [0.29, 0.717) is 0 Å². The van der Waals surface area contributed by atoms with Crippen molar-refractivity contribution in [1.82, 2.24) is 0 Å². The molecule has 0 radical (unpaired) electrons. The summed E-state index contributed by atoms with van der Waals surface area (Å²) in [5.41, 5.74) is 0. The average Bonchev–Trinajstić information content (AvgIpc) is 1.63. The van der Waals surface area contributed by atoms with Crippen molar-refractivity contribution in [3.63, 3.8) is 0 Å². The van der Waals surface area contributed by atoms with Gasteiger partial charge >= 0.3 is 14.8 Å². The summed E-state index contributed by atoms with van der Waals surface area (Å²) in [6, 6.07) is 0. The predicted molar refractivity (Wildman–Crippen MR) is 44.0 cm³/mol. The Balaban J connectivity index is -0.000000320. The zero-order valence-electron chi connectivity index (χ0n) is 5.59. The van der Waals surface area contributed by atoms with E-state index in [0.717, 1.165) is 0 Å². The number of rotatable bonds is 2. The molecule has 0 heterocycles. The summed E-state index contributed by atoms with van der Waals surface area (Å²) in [4.78, 5) is 26.2. The SMILES string of the molecule is CCOC(=O)OP(O)O.Cl.Cl. The summed E-state index contributed by atoms with van der Waals surface area (Å²) >= 11 is 0. The Kier molecular flexibility index (Phi) is 16.1. The Hall–Kier alpha value is 0.200. The van der Waals surface area contributed by atoms with Crippen LogP contribution in [0.4, 0.5) is 4.79 Å². The molecule has 0 rings (SSSR count). The highest BCUT2D eigenvalue weighted by molar-refractivity contribution is 7.40. The molecule has 11 heavy (non-hydrogen) atoms. The Labute approximate surface area is 77.5 Å². The van der Waals surface area contributed by atoms with Crippen LogP contribution in [-0.2, 0) is 9.26 Å². The van der Waals surface area contributed by atoms with Gasteiger partial charge < -0.3 is 19.0 Å². The van der Waals surface area contributed by atoms with Crippen molar-refractivity contribution in [3.8, 4) is 0 Å². The summed E-state index contributed by atoms with van der Waals surface area (Å²) in [6.45, 7) is 1.74. The fourth-order valence-corrected chi connectivity index (χ4v) is 0.397. The van der Waals surface area contributed by atoms with Crippen LogP contribution >= 0.6 is 33.4 Å². The van der Waals surface area contributed by atoms with Gasteiger partial charge in [0, 0.05) is 0 Å². The standard InChI is InChI=1S/C3H7O5P.2ClH/c1-2-7-3(4)8-9(5)6;;/h5-6H,2H2,1H3;2*1H. The number of hydrogen-bond acceptors (Lipinski definition) is 5. The molecule has 0 fully saturated rings. The quantitative estimate of drug-likeness (QED) is 0.547. The van der Waals surface area contributed by atoms with Gasteiger partial charge in [-0.2, -0.15) is 0 Å². The molecule has 0 saturated carbocycles. The van der Waals surface area contributed by atoms with Gasteiger partial charge in [0.1, 0.15) is 0 Å². The summed E-state index contributed by atoms with van der Waals surface area (Å²) in [5, 5.41) is 0. The lowest BCUT2D eigenvalue weighted by Gasteiger charge is -2.01. The lowest BCUT2D eigenvalue weighted by atomic mass is 10.9. The highest BCUT2D eigenvalue weighted by Gasteiger charge is 2.08. The van der Waals surface area contributed by atoms with Crippen molar-refractivity contribution in [2.75, 3.05) is 6.61 Å². The minimum Gasteiger partial charge on any atom is -0.434 e. The molecule has 8 heteroatoms. The molecule has 0 atom stereocenters. The van der Waals surface area contributed by atoms with Gasteiger partial charge in [-0.05, 0) is 6.92 Å². The van der Waals surface area contributed by atoms with Crippen molar-refractivity contribution in [2.24, 2.45) is 0 Å². The molecule has 0 aromatic heterocycles. The van der Waals surface area contributed by atoms with Crippen molar-refractivity contribution >= 4 is 39.6 Å². The molecule has 0 aromatic rings. The van der Waals surface area contributed by atoms with Crippen LogP contribution in [-0.4, -0.2) is 22.5 Å². The van der Waals surface area contributed by atoms with Crippen LogP contribution in [0.3, 0.4) is 0 Å². The summed E-state index contributed by atoms with van der Waals surface area (Å²) < 4.78 is 7.99. The minimum absolute atomic E-state index is 0. The maximum Gasteiger partial charge on any atom is 0.514 e. The van der Waals surface area contributed by atoms with Crippen molar-refractivity contribution < 1.29 is 23.8 Å². The molecular weight excluding hydrogens is 218 g/mol. The largest absolute Gasteiger partial charge is 0.514 e. The maximum absolute atomic E-state index is 10.1. The third kappa shape index (κ3) is 13.2. The fraction of sp³-hybridized carbons (Fsp3) is 0.667. The van der Waals surface area contributed by atoms with E-state index in [2.05, 4.69) is 9.26 Å². The summed E-state index contributed by atoms with van der Waals surface area (Å²) in [6.07, 6.45) is -1.06. The zero-order chi connectivity index (χ0) is 7.28. The molecule has 0 aliphatic carbocycles. The van der Waals surface area contributed by atoms with Crippen LogP contribution in [0, 0.1) is 0 Å². The molecule has 0 aliphatic rings. The average molecular weight is 227 g/mol. The van der Waals surface area contributed by atoms with Gasteiger partial charge in [0.15, 0.2) is 0 Å². The van der Waals surface area contributed by atoms with Crippen molar-refractivity contribution in [1.29, 1.82) is 0 Å². The first-order valence-corrected chi connectivity index (χ1v) is 3.36. The molecule has 0 aliphatic heterocycles. The second-order valence-corrected chi connectivity index (χ2v) is 1.72. The van der Waals surface area contributed by atoms with Crippen LogP contribution in [0.5, 0.6) is 0 Å². The fourth-order valence-electron chi connectivity index (χ4n) is 0.211. The van der Waals surface area contributed by atoms with Crippen LogP contribution in [0.15, 0.2) is 0 Å². The van der Waals surface area contributed by atoms with Crippen LogP contribution in [0.2, 0.25) is 0 Å². The summed E-state index contributed by atoms with van der Waals surface area (Å²) in [7, 11) is -2.63. The highest BCUT2D eigenvalue weighted by atomic mass is 35.5. The predicted octanol–water partition coefficient (Wildman–Crippen LogP) is 1.21. The minimum atomic E-state index is -2.63. The van der Waals surface area contributed by atoms with E-state index in [1.54, 1.807) is 6.92 Å². The Morgan fingerprint density at radius 2 is 1.91 bits per heavy atom. The van der Waals surface area contributed by atoms with Crippen LogP contribution in [0.1, 0.15) is 6.92 Å². The number of carbonyl (C=O) groups is 1. The van der Waals surface area contributed by atoms with E-state index < -0.39 is 14.8 Å². The molecular formula is C3H9Cl2O5P. The zero-order valence-corrected chi connectivity index (χ0v) is 8.12. The van der Waals surface area contributed by atoms with Crippen LogP contribution in [0.25, 0.3) is 0 Å². The third-order valence-corrected chi connectivity index (χ3v) is 0.731. The Morgan fingerprint density at radius 3 is 2.18 bits per heavy atom. The van der Waals surface area contributed by atoms with Gasteiger partial charge in [-0.15, -0.1) is 24.8 Å². The second-order valence-electron chi connectivity index (χ2n) is 1.03. The summed E-state index contributed by atoms with van der Waals surface area (Å²) in [5.74, 6) is 0. The number of halogens is 2. The molecule has 0 saturated heterocycles. The highest BCUT2D eigenvalue weighted by Crippen LogP contribution is 2.24. The molecule has 0 aromatic carbocycles. The number of hydrogen-bond donors (Lipinski definition) is 2. The first-order chi connectivity index (χ1) is 4.16. The van der Waals surface area contributed by atoms with Gasteiger partial charge in [-0.25, -0.2) is 4.79 Å². The van der Waals surface area contributed by atoms with Gasteiger partial charge in [0.25, 0.3) is 0 Å². The maximum atomic E-state index is 10.1. The Bertz CT molecular complexity index is 99.7. The monoisotopic (exact) mass is 226 g/mol. The smallest absolute Gasteiger partial charge is 0.434 e. The van der Waals surface area contributed by atoms with Crippen LogP contribution < -0.4 is 0 Å². The van der Waals surface area contributed by atoms with E-state index in [1.165, 1.54) is 0 Å². The first kappa shape index (κ1) is 17.3. The first-order valence-electron chi connectivity index (χ1n) is 2.19. The lowest BCUT2D eigenvalue weighted by Crippen LogP contribution is -2.02. The van der Waals surface area contributed by atoms with E-state index in [4.69, 9.17) is 9.79 Å². The van der Waals surface area contributed by atoms with Crippen molar-refractivity contribution in [2.45, 2.75) is 6.92 Å². The number of ether oxygens (including phenoxy) is 1. The van der Waals surface area contributed by atoms with E-state index in [-0.39, 0.29) is 31.4 Å². The normalized spacial score (nSPS) is 7.64. The van der Waals surface area contributed by atoms with Gasteiger partial charge in [0.2, 0.25) is 0 Å². The molecule has 0 bridgehead atoms. The van der Waals surface area contributed by atoms with Gasteiger partial charge in [-0.1, -0.05) is 0 Å². The molecule has 0 spiro atoms. The van der Waals surface area contributed by atoms with E-state index in [9.17, 15) is 4.79 Å². The topological polar surface area (TPSA) is 76.0 Å². The number of carbonyl (C=O) groups excluding carboxylic acids is 1. The van der Waals surface area contributed by atoms with E-state index >= 15 is 0 Å². The molecule has 70 valence electrons. The Morgan fingerprint density at radius 1 is 1.45 bits per heavy atom. The molecule has 2 N–H and O–H groups in total. The van der Waals surface area contributed by atoms with Gasteiger partial charge in [-0.3, -0.25) is 0 Å². The van der Waals surface area contributed by atoms with E-state index in [1.807, 2.05) is 0 Å². The molecule has 0 amide bonds. The van der Waals surface area contributed by atoms with Crippen molar-refractivity contribution in [3.05, 3.63) is 0 Å². The molecule has 5 nitrogen and oxygen atoms in total. The van der Waals surface area contributed by atoms with Gasteiger partial charge in [0.05, 0.1) is 6.61 Å². The molecule has 0 unspecified atom stereocenters. The lowest BCUT2D eigenvalue weighted by molar-refractivity contribution is 0.0992.